The molecule has 4 aliphatic carbocycles. The molecule has 8 rings (SSSR count). The predicted octanol–water partition coefficient (Wildman–Crippen LogP) is 7.28. The van der Waals surface area contributed by atoms with E-state index in [4.69, 9.17) is 0 Å². The Hall–Kier alpha value is -2.57. The van der Waals surface area contributed by atoms with Crippen molar-refractivity contribution in [3.05, 3.63) is 136 Å². The van der Waals surface area contributed by atoms with Crippen LogP contribution in [0.5, 0.6) is 0 Å². The first-order valence-electron chi connectivity index (χ1n) is 19.1. The summed E-state index contributed by atoms with van der Waals surface area (Å²) in [5, 5.41) is 2.74. The van der Waals surface area contributed by atoms with Gasteiger partial charge < -0.3 is 24.8 Å². The maximum Gasteiger partial charge on any atom is -1.00 e. The van der Waals surface area contributed by atoms with Crippen molar-refractivity contribution in [3.8, 4) is 11.1 Å². The molecule has 0 saturated heterocycles. The van der Waals surface area contributed by atoms with Gasteiger partial charge in [0.1, 0.15) is 0 Å². The van der Waals surface area contributed by atoms with Crippen LogP contribution >= 0.6 is 0 Å². The van der Waals surface area contributed by atoms with Crippen LogP contribution in [0.15, 0.2) is 96.6 Å². The summed E-state index contributed by atoms with van der Waals surface area (Å²) in [5.41, 5.74) is 19.9. The van der Waals surface area contributed by atoms with E-state index in [-0.39, 0.29) is 41.1 Å². The van der Waals surface area contributed by atoms with E-state index in [0.717, 1.165) is 12.8 Å². The first-order valence-corrected chi connectivity index (χ1v) is 23.0. The predicted molar refractivity (Wildman–Crippen MR) is 215 cm³/mol. The molecular weight excluding hydrogens is 751 g/mol. The smallest absolute Gasteiger partial charge is 1.00 e. The fourth-order valence-electron chi connectivity index (χ4n) is 10.3. The number of rotatable bonds is 5. The van der Waals surface area contributed by atoms with Gasteiger partial charge in [-0.15, -0.1) is 0 Å². The van der Waals surface area contributed by atoms with E-state index < -0.39 is 21.3 Å². The normalized spacial score (nSPS) is 19.2. The zero-order valence-corrected chi connectivity index (χ0v) is 37.0. The van der Waals surface area contributed by atoms with Crippen LogP contribution < -0.4 is 24.8 Å². The zero-order valence-electron chi connectivity index (χ0n) is 33.0. The summed E-state index contributed by atoms with van der Waals surface area (Å²) < 4.78 is 6.47. The van der Waals surface area contributed by atoms with Crippen molar-refractivity contribution in [2.45, 2.75) is 106 Å². The van der Waals surface area contributed by atoms with E-state index in [2.05, 4.69) is 159 Å². The molecule has 0 aromatic heterocycles. The van der Waals surface area contributed by atoms with E-state index >= 15 is 0 Å². The summed E-state index contributed by atoms with van der Waals surface area (Å²) in [6.07, 6.45) is 8.48. The summed E-state index contributed by atoms with van der Waals surface area (Å²) in [6.45, 7) is 26.8. The third kappa shape index (κ3) is 5.92. The van der Waals surface area contributed by atoms with Crippen molar-refractivity contribution >= 4 is 25.6 Å². The van der Waals surface area contributed by atoms with Gasteiger partial charge in [0.05, 0.1) is 0 Å². The number of hydrogen-bond donors (Lipinski definition) is 0. The number of fused-ring (bicyclic) bond motifs is 6. The third-order valence-corrected chi connectivity index (χ3v) is 20.9. The molecule has 0 N–H and O–H groups in total. The quantitative estimate of drug-likeness (QED) is 0.175. The van der Waals surface area contributed by atoms with Gasteiger partial charge in [-0.25, -0.2) is 0 Å². The summed E-state index contributed by atoms with van der Waals surface area (Å²) in [6, 6.07) is 26.3. The molecule has 3 heteroatoms. The Labute approximate surface area is 333 Å². The van der Waals surface area contributed by atoms with E-state index in [0.29, 0.717) is 5.92 Å². The summed E-state index contributed by atoms with van der Waals surface area (Å²) in [7, 11) is 0. The van der Waals surface area contributed by atoms with Gasteiger partial charge in [0.25, 0.3) is 0 Å². The summed E-state index contributed by atoms with van der Waals surface area (Å²) in [4.78, 5) is 0. The van der Waals surface area contributed by atoms with Gasteiger partial charge in [-0.05, 0) is 0 Å². The molecule has 52 heavy (non-hydrogen) atoms. The van der Waals surface area contributed by atoms with E-state index in [1.807, 2.05) is 3.28 Å². The van der Waals surface area contributed by atoms with Gasteiger partial charge in [-0.3, -0.25) is 0 Å². The molecule has 0 amide bonds. The Morgan fingerprint density at radius 3 is 2.08 bits per heavy atom. The van der Waals surface area contributed by atoms with E-state index in [9.17, 15) is 0 Å². The van der Waals surface area contributed by atoms with Crippen LogP contribution in [0.3, 0.4) is 0 Å². The SMILES string of the molecule is CCC1=[C]([Zr+2](=[CH]c2cccc3ccccc23)[C]2=C(C)c3cc4c(cc3C2(C)C)Cc2cc3c(cc2-4)C(C)=CC3(C)C)C(CC)C=C1C(C)(C)C.[Cl-].[Cl-]. The molecule has 0 radical (unpaired) electrons. The molecule has 0 nitrogen and oxygen atoms in total. The molecule has 1 atom stereocenters. The molecule has 0 saturated carbocycles. The minimum absolute atomic E-state index is 0. The van der Waals surface area contributed by atoms with E-state index in [1.54, 1.807) is 25.6 Å². The fraction of sp³-hybridized carbons (Fsp3) is 0.367. The van der Waals surface area contributed by atoms with Gasteiger partial charge in [-0.1, -0.05) is 0 Å². The minimum Gasteiger partial charge on any atom is -1.00 e. The van der Waals surface area contributed by atoms with Gasteiger partial charge >= 0.3 is 311 Å². The molecule has 4 aliphatic rings. The largest absolute Gasteiger partial charge is 1.00 e. The molecule has 0 fully saturated rings. The Kier molecular flexibility index (Phi) is 10.3. The van der Waals surface area contributed by atoms with Crippen molar-refractivity contribution in [1.82, 2.24) is 0 Å². The molecule has 0 aliphatic heterocycles. The summed E-state index contributed by atoms with van der Waals surface area (Å²) >= 11 is -2.71. The average molecular weight is 805 g/mol. The summed E-state index contributed by atoms with van der Waals surface area (Å²) in [5.74, 6) is 0.527. The Bertz CT molecular complexity index is 2310. The molecule has 1 unspecified atom stereocenters. The zero-order chi connectivity index (χ0) is 35.5. The molecule has 0 spiro atoms. The molecule has 0 bridgehead atoms. The minimum atomic E-state index is -2.71. The van der Waals surface area contributed by atoms with Crippen LogP contribution in [-0.2, 0) is 38.5 Å². The standard InChI is InChI=1S/C25H25.C13H21.C11H8.2ClH.Zr/c1-14-12-24(3,4)22-8-16-7-17-9-23-19(15(2)13-25(23,5)6)11-21(17)20(16)10-18(14)22;1-6-10-8-11(7-2)12(9-10)13(3,4)5;1-9-5-4-7-10-6-2-3-8-11(9)10;;;/h8-12H,7H2,1-6H3;9-10H,6-7H2,1-5H3;1-8H;2*1H;/q;;;;;+2/p-2. The van der Waals surface area contributed by atoms with Crippen LogP contribution in [-0.4, -0.2) is 3.71 Å². The molecule has 4 aromatic carbocycles. The van der Waals surface area contributed by atoms with Crippen molar-refractivity contribution in [2.75, 3.05) is 0 Å². The monoisotopic (exact) mass is 802 g/mol. The van der Waals surface area contributed by atoms with Gasteiger partial charge in [-0.2, -0.15) is 0 Å². The molecular formula is C49H54Cl2Zr. The molecule has 0 heterocycles. The van der Waals surface area contributed by atoms with Gasteiger partial charge in [0.2, 0.25) is 0 Å². The second-order valence-electron chi connectivity index (χ2n) is 17.7. The molecule has 4 aromatic rings. The van der Waals surface area contributed by atoms with Crippen LogP contribution in [0.25, 0.3) is 33.0 Å². The number of halogens is 2. The third-order valence-electron chi connectivity index (χ3n) is 12.6. The van der Waals surface area contributed by atoms with Crippen molar-refractivity contribution in [3.63, 3.8) is 0 Å². The fourth-order valence-corrected chi connectivity index (χ4v) is 19.6. The number of hydrogen-bond acceptors (Lipinski definition) is 0. The van der Waals surface area contributed by atoms with E-state index in [1.165, 1.54) is 67.3 Å². The number of allylic oxidation sites excluding steroid dienone is 8. The first kappa shape index (κ1) is 39.1. The van der Waals surface area contributed by atoms with Crippen molar-refractivity contribution < 1.29 is 46.1 Å². The Morgan fingerprint density at radius 2 is 1.42 bits per heavy atom. The van der Waals surface area contributed by atoms with Crippen LogP contribution in [0.1, 0.15) is 128 Å². The second-order valence-corrected chi connectivity index (χ2v) is 23.0. The Morgan fingerprint density at radius 1 is 0.788 bits per heavy atom. The maximum absolute atomic E-state index is 2.85. The van der Waals surface area contributed by atoms with Crippen molar-refractivity contribution in [2.24, 2.45) is 11.3 Å². The first-order chi connectivity index (χ1) is 23.7. The van der Waals surface area contributed by atoms with Gasteiger partial charge in [0.15, 0.2) is 0 Å². The topological polar surface area (TPSA) is 0 Å². The van der Waals surface area contributed by atoms with Crippen LogP contribution in [0.2, 0.25) is 0 Å². The second kappa shape index (κ2) is 13.6. The van der Waals surface area contributed by atoms with Crippen molar-refractivity contribution in [1.29, 1.82) is 0 Å². The van der Waals surface area contributed by atoms with Crippen LogP contribution in [0, 0.1) is 11.3 Å². The number of benzene rings is 4. The Balaban J connectivity index is 0.00000232. The van der Waals surface area contributed by atoms with Gasteiger partial charge in [0, 0.05) is 0 Å². The molecule has 268 valence electrons. The average Bonchev–Trinajstić information content (AvgIpc) is 3.74. The maximum atomic E-state index is 2.85. The van der Waals surface area contributed by atoms with Crippen LogP contribution in [0.4, 0.5) is 0 Å².